The Morgan fingerprint density at radius 1 is 0.878 bits per heavy atom. The van der Waals surface area contributed by atoms with Gasteiger partial charge in [0.05, 0.1) is 35.2 Å². The quantitative estimate of drug-likeness (QED) is 0.130. The van der Waals surface area contributed by atoms with Gasteiger partial charge in [-0.05, 0) is 76.2 Å². The number of ether oxygens (including phenoxy) is 3. The first kappa shape index (κ1) is 34.7. The summed E-state index contributed by atoms with van der Waals surface area (Å²) in [6.45, 7) is 9.81. The average molecular weight is 627 g/mol. The Bertz CT molecular complexity index is 1250. The van der Waals surface area contributed by atoms with Gasteiger partial charge in [0, 0.05) is 0 Å². The number of methoxy groups -OCH3 is 1. The summed E-state index contributed by atoms with van der Waals surface area (Å²) in [5.41, 5.74) is 0. The van der Waals surface area contributed by atoms with E-state index in [1.54, 1.807) is 48.6 Å². The lowest BCUT2D eigenvalue weighted by atomic mass is 10.1. The van der Waals surface area contributed by atoms with Gasteiger partial charge in [0.15, 0.2) is 32.6 Å². The zero-order chi connectivity index (χ0) is 30.7. The number of carbonyl (C=O) groups excluding carboxylic acids is 1. The molecule has 228 valence electrons. The van der Waals surface area contributed by atoms with Crippen molar-refractivity contribution in [1.82, 2.24) is 0 Å². The first-order valence-corrected chi connectivity index (χ1v) is 20.0. The van der Waals surface area contributed by atoms with E-state index in [1.807, 2.05) is 33.5 Å². The van der Waals surface area contributed by atoms with Gasteiger partial charge in [-0.3, -0.25) is 0 Å². The van der Waals surface area contributed by atoms with Gasteiger partial charge in [-0.15, -0.1) is 0 Å². The van der Waals surface area contributed by atoms with E-state index < -0.39 is 50.9 Å². The van der Waals surface area contributed by atoms with Crippen LogP contribution in [0.1, 0.15) is 33.1 Å². The summed E-state index contributed by atoms with van der Waals surface area (Å²) < 4.78 is 75.3. The van der Waals surface area contributed by atoms with Gasteiger partial charge >= 0.3 is 6.16 Å². The van der Waals surface area contributed by atoms with Crippen LogP contribution in [0.25, 0.3) is 0 Å². The number of hydrogen-bond acceptors (Lipinski definition) is 9. The highest BCUT2D eigenvalue weighted by molar-refractivity contribution is 8.09. The molecule has 0 amide bonds. The number of carbonyl (C=O) groups is 1. The first-order valence-electron chi connectivity index (χ1n) is 13.5. The molecule has 0 radical (unpaired) electrons. The SMILES string of the molecule is CC[C@@H](/C=C/COC(=O)OC)O[C@H](C)[C@H](CCC(S(=O)(=O)c1ccccc1)S(=O)(=O)c1ccccc1)O[Si](C)(C)C. The lowest BCUT2D eigenvalue weighted by Crippen LogP contribution is -2.41. The van der Waals surface area contributed by atoms with Crippen molar-refractivity contribution in [2.75, 3.05) is 13.7 Å². The van der Waals surface area contributed by atoms with Crippen LogP contribution in [-0.4, -0.2) is 67.9 Å². The van der Waals surface area contributed by atoms with Crippen LogP contribution in [0, 0.1) is 0 Å². The fraction of sp³-hybridized carbons (Fsp3) is 0.483. The second kappa shape index (κ2) is 15.6. The summed E-state index contributed by atoms with van der Waals surface area (Å²) in [6, 6.07) is 15.3. The molecule has 0 saturated carbocycles. The van der Waals surface area contributed by atoms with E-state index in [4.69, 9.17) is 13.9 Å². The maximum absolute atomic E-state index is 13.8. The molecule has 0 aliphatic heterocycles. The van der Waals surface area contributed by atoms with Crippen molar-refractivity contribution in [3.63, 3.8) is 0 Å². The number of benzene rings is 2. The van der Waals surface area contributed by atoms with E-state index in [9.17, 15) is 21.6 Å². The number of rotatable bonds is 16. The van der Waals surface area contributed by atoms with E-state index in [1.165, 1.54) is 31.4 Å². The maximum atomic E-state index is 13.8. The molecule has 9 nitrogen and oxygen atoms in total. The Morgan fingerprint density at radius 3 is 1.83 bits per heavy atom. The monoisotopic (exact) mass is 626 g/mol. The topological polar surface area (TPSA) is 122 Å². The van der Waals surface area contributed by atoms with Crippen LogP contribution in [0.3, 0.4) is 0 Å². The Labute approximate surface area is 245 Å². The van der Waals surface area contributed by atoms with Crippen LogP contribution in [0.5, 0.6) is 0 Å². The highest BCUT2D eigenvalue weighted by Gasteiger charge is 2.41. The maximum Gasteiger partial charge on any atom is 0.508 e. The molecular formula is C29H42O9S2Si. The van der Waals surface area contributed by atoms with Crippen LogP contribution in [0.4, 0.5) is 4.79 Å². The molecule has 0 spiro atoms. The van der Waals surface area contributed by atoms with E-state index >= 15 is 0 Å². The minimum absolute atomic E-state index is 0.0200. The van der Waals surface area contributed by atoms with E-state index in [0.717, 1.165) is 0 Å². The predicted octanol–water partition coefficient (Wildman–Crippen LogP) is 5.78. The molecule has 0 aliphatic rings. The van der Waals surface area contributed by atoms with Crippen molar-refractivity contribution in [3.8, 4) is 0 Å². The Morgan fingerprint density at radius 2 is 1.39 bits per heavy atom. The van der Waals surface area contributed by atoms with Crippen molar-refractivity contribution in [2.45, 2.75) is 85.4 Å². The van der Waals surface area contributed by atoms with Crippen LogP contribution < -0.4 is 0 Å². The summed E-state index contributed by atoms with van der Waals surface area (Å²) in [5.74, 6) is 0. The van der Waals surface area contributed by atoms with Crippen molar-refractivity contribution in [3.05, 3.63) is 72.8 Å². The van der Waals surface area contributed by atoms with Crippen LogP contribution >= 0.6 is 0 Å². The van der Waals surface area contributed by atoms with Gasteiger partial charge in [-0.1, -0.05) is 49.4 Å². The van der Waals surface area contributed by atoms with E-state index in [0.29, 0.717) is 6.42 Å². The molecule has 0 unspecified atom stereocenters. The minimum atomic E-state index is -4.26. The third kappa shape index (κ3) is 10.7. The molecule has 0 bridgehead atoms. The van der Waals surface area contributed by atoms with Gasteiger partial charge in [-0.25, -0.2) is 21.6 Å². The van der Waals surface area contributed by atoms with E-state index in [-0.39, 0.29) is 35.3 Å². The van der Waals surface area contributed by atoms with Gasteiger partial charge in [0.25, 0.3) is 0 Å². The summed E-state index contributed by atoms with van der Waals surface area (Å²) in [5, 5.41) is 0. The predicted molar refractivity (Wildman–Crippen MR) is 161 cm³/mol. The molecule has 12 heteroatoms. The van der Waals surface area contributed by atoms with Crippen molar-refractivity contribution in [2.24, 2.45) is 0 Å². The van der Waals surface area contributed by atoms with Gasteiger partial charge < -0.3 is 18.6 Å². The molecule has 3 atom stereocenters. The Balaban J connectivity index is 2.35. The minimum Gasteiger partial charge on any atom is -0.438 e. The van der Waals surface area contributed by atoms with Gasteiger partial charge in [-0.2, -0.15) is 0 Å². The highest BCUT2D eigenvalue weighted by atomic mass is 32.3. The van der Waals surface area contributed by atoms with Crippen molar-refractivity contribution < 1.29 is 40.3 Å². The van der Waals surface area contributed by atoms with Gasteiger partial charge in [0.2, 0.25) is 0 Å². The van der Waals surface area contributed by atoms with Crippen LogP contribution in [0.15, 0.2) is 82.6 Å². The Kier molecular flexibility index (Phi) is 13.2. The van der Waals surface area contributed by atoms with E-state index in [2.05, 4.69) is 4.74 Å². The highest BCUT2D eigenvalue weighted by Crippen LogP contribution is 2.31. The molecule has 0 fully saturated rings. The largest absolute Gasteiger partial charge is 0.508 e. The fourth-order valence-corrected chi connectivity index (χ4v) is 9.96. The third-order valence-electron chi connectivity index (χ3n) is 6.16. The molecule has 0 aliphatic carbocycles. The lowest BCUT2D eigenvalue weighted by molar-refractivity contribution is -0.0478. The summed E-state index contributed by atoms with van der Waals surface area (Å²) in [4.78, 5) is 11.1. The fourth-order valence-electron chi connectivity index (χ4n) is 4.17. The average Bonchev–Trinajstić information content (AvgIpc) is 2.93. The first-order chi connectivity index (χ1) is 19.2. The zero-order valence-corrected chi connectivity index (χ0v) is 27.2. The molecule has 0 heterocycles. The zero-order valence-electron chi connectivity index (χ0n) is 24.6. The summed E-state index contributed by atoms with van der Waals surface area (Å²) in [6.07, 6.45) is 1.83. The smallest absolute Gasteiger partial charge is 0.438 e. The van der Waals surface area contributed by atoms with Crippen LogP contribution in [0.2, 0.25) is 19.6 Å². The molecule has 41 heavy (non-hydrogen) atoms. The second-order valence-electron chi connectivity index (χ2n) is 10.5. The van der Waals surface area contributed by atoms with Crippen molar-refractivity contribution in [1.29, 1.82) is 0 Å². The standard InChI is InChI=1S/C29H42O9S2Si/c1-7-24(15-14-22-36-29(30)35-3)37-23(2)27(38-41(4,5)6)20-21-28(39(31,32)25-16-10-8-11-17-25)40(33,34)26-18-12-9-13-19-26/h8-19,23-24,27-28H,7,20-22H2,1-6H3/b15-14+/t23-,24+,27+/m1/s1. The van der Waals surface area contributed by atoms with Crippen LogP contribution in [-0.2, 0) is 38.3 Å². The van der Waals surface area contributed by atoms with Crippen molar-refractivity contribution >= 4 is 34.1 Å². The second-order valence-corrected chi connectivity index (χ2v) is 19.5. The molecule has 0 aromatic heterocycles. The lowest BCUT2D eigenvalue weighted by Gasteiger charge is -2.33. The molecule has 2 rings (SSSR count). The molecule has 0 saturated heterocycles. The van der Waals surface area contributed by atoms with Gasteiger partial charge in [0.1, 0.15) is 6.61 Å². The molecule has 2 aromatic rings. The Hall–Kier alpha value is -2.51. The number of hydrogen-bond donors (Lipinski definition) is 0. The normalized spacial score (nSPS) is 15.0. The molecular weight excluding hydrogens is 585 g/mol. The molecule has 0 N–H and O–H groups in total. The summed E-state index contributed by atoms with van der Waals surface area (Å²) >= 11 is 0. The third-order valence-corrected chi connectivity index (χ3v) is 12.4. The number of sulfone groups is 2. The summed E-state index contributed by atoms with van der Waals surface area (Å²) in [7, 11) is -9.44. The molecule has 2 aromatic carbocycles.